The van der Waals surface area contributed by atoms with E-state index in [0.717, 1.165) is 46.0 Å². The average molecular weight is 467 g/mol. The van der Waals surface area contributed by atoms with E-state index in [2.05, 4.69) is 29.4 Å². The third kappa shape index (κ3) is 4.36. The number of carboxylic acids is 1. The highest BCUT2D eigenvalue weighted by Gasteiger charge is 2.18. The molecule has 0 unspecified atom stereocenters. The Balaban J connectivity index is 1.73. The molecule has 174 valence electrons. The topological polar surface area (TPSA) is 80.0 Å². The van der Waals surface area contributed by atoms with Crippen molar-refractivity contribution in [3.05, 3.63) is 102 Å². The number of rotatable bonds is 6. The zero-order valence-corrected chi connectivity index (χ0v) is 19.3. The summed E-state index contributed by atoms with van der Waals surface area (Å²) in [7, 11) is 0. The Morgan fingerprint density at radius 2 is 1.86 bits per heavy atom. The van der Waals surface area contributed by atoms with Crippen molar-refractivity contribution in [1.29, 1.82) is 0 Å². The van der Waals surface area contributed by atoms with Crippen LogP contribution in [0.2, 0.25) is 0 Å². The molecular formula is C28H23FN4O2. The molecule has 0 aliphatic heterocycles. The lowest BCUT2D eigenvalue weighted by Crippen LogP contribution is -2.08. The summed E-state index contributed by atoms with van der Waals surface area (Å²) >= 11 is 0. The Hall–Kier alpha value is -4.52. The highest BCUT2D eigenvalue weighted by molar-refractivity contribution is 5.95. The van der Waals surface area contributed by atoms with Crippen LogP contribution in [0.15, 0.2) is 78.9 Å². The number of aromatic carboxylic acids is 1. The number of carbonyl (C=O) groups is 1. The van der Waals surface area contributed by atoms with Gasteiger partial charge in [0.2, 0.25) is 0 Å². The van der Waals surface area contributed by atoms with Crippen molar-refractivity contribution in [2.24, 2.45) is 0 Å². The van der Waals surface area contributed by atoms with Gasteiger partial charge in [-0.2, -0.15) is 5.10 Å². The Morgan fingerprint density at radius 1 is 1.03 bits per heavy atom. The van der Waals surface area contributed by atoms with Crippen LogP contribution < -0.4 is 5.32 Å². The van der Waals surface area contributed by atoms with Crippen LogP contribution in [-0.4, -0.2) is 25.8 Å². The fraction of sp³-hybridized carbons (Fsp3) is 0.107. The maximum absolute atomic E-state index is 13.8. The van der Waals surface area contributed by atoms with E-state index in [4.69, 9.17) is 5.10 Å². The number of pyridine rings is 1. The zero-order chi connectivity index (χ0) is 24.5. The monoisotopic (exact) mass is 466 g/mol. The summed E-state index contributed by atoms with van der Waals surface area (Å²) in [6, 6.07) is 23.4. The van der Waals surface area contributed by atoms with Crippen molar-refractivity contribution in [3.8, 4) is 16.9 Å². The molecule has 35 heavy (non-hydrogen) atoms. The molecule has 0 fully saturated rings. The van der Waals surface area contributed by atoms with Crippen LogP contribution in [-0.2, 0) is 6.42 Å². The number of halogens is 1. The van der Waals surface area contributed by atoms with Crippen LogP contribution in [0.5, 0.6) is 0 Å². The van der Waals surface area contributed by atoms with Gasteiger partial charge in [0.25, 0.3) is 0 Å². The Kier molecular flexibility index (Phi) is 5.74. The Morgan fingerprint density at radius 3 is 2.66 bits per heavy atom. The largest absolute Gasteiger partial charge is 0.478 e. The Labute approximate surface area is 201 Å². The lowest BCUT2D eigenvalue weighted by atomic mass is 10.1. The quantitative estimate of drug-likeness (QED) is 0.297. The first-order valence-electron chi connectivity index (χ1n) is 11.3. The van der Waals surface area contributed by atoms with Gasteiger partial charge in [0.15, 0.2) is 0 Å². The molecule has 6 nitrogen and oxygen atoms in total. The molecule has 2 N–H and O–H groups in total. The molecule has 0 bridgehead atoms. The van der Waals surface area contributed by atoms with Gasteiger partial charge in [-0.05, 0) is 55.3 Å². The second kappa shape index (κ2) is 9.02. The summed E-state index contributed by atoms with van der Waals surface area (Å²) in [4.78, 5) is 16.4. The lowest BCUT2D eigenvalue weighted by molar-refractivity contribution is 0.0697. The van der Waals surface area contributed by atoms with Crippen molar-refractivity contribution in [2.75, 3.05) is 5.32 Å². The maximum atomic E-state index is 13.8. The second-order valence-corrected chi connectivity index (χ2v) is 8.30. The summed E-state index contributed by atoms with van der Waals surface area (Å²) < 4.78 is 15.5. The van der Waals surface area contributed by atoms with Crippen LogP contribution in [0, 0.1) is 12.7 Å². The van der Waals surface area contributed by atoms with E-state index in [-0.39, 0.29) is 11.3 Å². The number of fused-ring (bicyclic) bond motifs is 1. The molecule has 0 radical (unpaired) electrons. The summed E-state index contributed by atoms with van der Waals surface area (Å²) in [5.74, 6) is -1.29. The van der Waals surface area contributed by atoms with Crippen molar-refractivity contribution in [1.82, 2.24) is 14.8 Å². The van der Waals surface area contributed by atoms with Gasteiger partial charge >= 0.3 is 5.97 Å². The summed E-state index contributed by atoms with van der Waals surface area (Å²) in [5.41, 5.74) is 5.40. The number of anilines is 2. The number of carboxylic acid groups (broad SMARTS) is 1. The van der Waals surface area contributed by atoms with Gasteiger partial charge in [-0.3, -0.25) is 4.98 Å². The average Bonchev–Trinajstić information content (AvgIpc) is 3.28. The first-order chi connectivity index (χ1) is 16.9. The number of aromatic nitrogens is 3. The predicted octanol–water partition coefficient (Wildman–Crippen LogP) is 6.54. The molecule has 0 saturated heterocycles. The lowest BCUT2D eigenvalue weighted by Gasteiger charge is -2.14. The van der Waals surface area contributed by atoms with E-state index >= 15 is 0 Å². The van der Waals surface area contributed by atoms with E-state index in [1.54, 1.807) is 4.68 Å². The van der Waals surface area contributed by atoms with Gasteiger partial charge in [-0.15, -0.1) is 0 Å². The predicted molar refractivity (Wildman–Crippen MR) is 135 cm³/mol. The normalized spacial score (nSPS) is 11.1. The number of hydrogen-bond acceptors (Lipinski definition) is 4. The number of aryl methyl sites for hydroxylation is 2. The van der Waals surface area contributed by atoms with E-state index in [1.165, 1.54) is 17.7 Å². The van der Waals surface area contributed by atoms with Crippen LogP contribution >= 0.6 is 0 Å². The molecule has 0 aliphatic rings. The number of nitrogens with one attached hydrogen (secondary N) is 1. The molecular weight excluding hydrogens is 443 g/mol. The third-order valence-corrected chi connectivity index (χ3v) is 5.87. The van der Waals surface area contributed by atoms with Gasteiger partial charge < -0.3 is 10.4 Å². The van der Waals surface area contributed by atoms with Crippen LogP contribution in [0.1, 0.15) is 28.5 Å². The maximum Gasteiger partial charge on any atom is 0.337 e. The van der Waals surface area contributed by atoms with Gasteiger partial charge in [-0.1, -0.05) is 43.3 Å². The zero-order valence-electron chi connectivity index (χ0n) is 19.3. The van der Waals surface area contributed by atoms with Crippen molar-refractivity contribution in [2.45, 2.75) is 20.3 Å². The molecule has 5 aromatic rings. The molecule has 0 amide bonds. The minimum absolute atomic E-state index is 0.164. The first kappa shape index (κ1) is 22.3. The molecule has 0 atom stereocenters. The van der Waals surface area contributed by atoms with Crippen molar-refractivity contribution < 1.29 is 14.3 Å². The molecule has 5 rings (SSSR count). The van der Waals surface area contributed by atoms with Gasteiger partial charge in [0.05, 0.1) is 28.1 Å². The smallest absolute Gasteiger partial charge is 0.337 e. The minimum Gasteiger partial charge on any atom is -0.478 e. The van der Waals surface area contributed by atoms with E-state index < -0.39 is 11.8 Å². The highest BCUT2D eigenvalue weighted by Crippen LogP contribution is 2.32. The molecule has 0 aliphatic carbocycles. The third-order valence-electron chi connectivity index (χ3n) is 5.87. The second-order valence-electron chi connectivity index (χ2n) is 8.30. The van der Waals surface area contributed by atoms with Crippen molar-refractivity contribution >= 4 is 28.4 Å². The minimum atomic E-state index is -1.22. The molecule has 3 aromatic carbocycles. The molecule has 2 aromatic heterocycles. The van der Waals surface area contributed by atoms with Crippen LogP contribution in [0.25, 0.3) is 27.8 Å². The van der Waals surface area contributed by atoms with Crippen LogP contribution in [0.3, 0.4) is 0 Å². The molecule has 2 heterocycles. The number of nitrogens with zero attached hydrogens (tertiary/aromatic N) is 3. The fourth-order valence-electron chi connectivity index (χ4n) is 4.15. The van der Waals surface area contributed by atoms with E-state index in [1.807, 2.05) is 55.5 Å². The van der Waals surface area contributed by atoms with Crippen molar-refractivity contribution in [3.63, 3.8) is 0 Å². The highest BCUT2D eigenvalue weighted by atomic mass is 19.1. The van der Waals surface area contributed by atoms with E-state index in [9.17, 15) is 14.3 Å². The molecule has 0 saturated carbocycles. The van der Waals surface area contributed by atoms with Gasteiger partial charge in [0, 0.05) is 22.7 Å². The molecule has 7 heteroatoms. The summed E-state index contributed by atoms with van der Waals surface area (Å²) in [6.45, 7) is 4.01. The van der Waals surface area contributed by atoms with Gasteiger partial charge in [-0.25, -0.2) is 13.9 Å². The van der Waals surface area contributed by atoms with E-state index in [0.29, 0.717) is 5.82 Å². The first-order valence-corrected chi connectivity index (χ1v) is 11.3. The van der Waals surface area contributed by atoms with Gasteiger partial charge in [0.1, 0.15) is 11.6 Å². The number of benzene rings is 3. The number of hydrogen-bond donors (Lipinski definition) is 2. The summed E-state index contributed by atoms with van der Waals surface area (Å²) in [5, 5.41) is 18.6. The fourth-order valence-corrected chi connectivity index (χ4v) is 4.15. The Bertz CT molecular complexity index is 1580. The summed E-state index contributed by atoms with van der Waals surface area (Å²) in [6.07, 6.45) is 0.894. The van der Waals surface area contributed by atoms with Crippen LogP contribution in [0.4, 0.5) is 15.9 Å². The standard InChI is InChI=1S/C28H23FN4O2/c1-3-18-7-6-8-19(14-18)25-16-27(31-24-12-11-20(29)15-22(24)28(34)35)33(32-25)26-13-17(2)30-23-10-5-4-9-21(23)26/h4-16,31H,3H2,1-2H3,(H,34,35). The molecule has 0 spiro atoms. The SMILES string of the molecule is CCc1cccc(-c2cc(Nc3ccc(F)cc3C(=O)O)n(-c3cc(C)nc4ccccc34)n2)c1. The number of para-hydroxylation sites is 1.